The minimum atomic E-state index is -0.303. The number of hydrogen-bond donors (Lipinski definition) is 2. The average molecular weight is 339 g/mol. The summed E-state index contributed by atoms with van der Waals surface area (Å²) in [6.07, 6.45) is 0. The molecular weight excluding hydrogens is 322 g/mol. The van der Waals surface area contributed by atoms with Crippen molar-refractivity contribution in [2.24, 2.45) is 0 Å². The van der Waals surface area contributed by atoms with Crippen molar-refractivity contribution in [3.63, 3.8) is 0 Å². The van der Waals surface area contributed by atoms with Crippen LogP contribution in [0, 0.1) is 11.3 Å². The second-order valence-corrected chi connectivity index (χ2v) is 6.56. The lowest BCUT2D eigenvalue weighted by atomic mass is 10.2. The van der Waals surface area contributed by atoms with Crippen LogP contribution in [0.2, 0.25) is 0 Å². The highest BCUT2D eigenvalue weighted by Crippen LogP contribution is 2.25. The van der Waals surface area contributed by atoms with Crippen molar-refractivity contribution >= 4 is 35.0 Å². The van der Waals surface area contributed by atoms with Crippen molar-refractivity contribution < 1.29 is 9.59 Å². The Morgan fingerprint density at radius 2 is 1.79 bits per heavy atom. The van der Waals surface area contributed by atoms with Crippen LogP contribution >= 0.6 is 11.8 Å². The van der Waals surface area contributed by atoms with Gasteiger partial charge in [-0.05, 0) is 49.4 Å². The van der Waals surface area contributed by atoms with Gasteiger partial charge < -0.3 is 10.6 Å². The summed E-state index contributed by atoms with van der Waals surface area (Å²) in [6, 6.07) is 16.1. The molecule has 1 unspecified atom stereocenters. The molecule has 0 aliphatic rings. The van der Waals surface area contributed by atoms with Crippen LogP contribution in [0.15, 0.2) is 53.4 Å². The third-order valence-electron chi connectivity index (χ3n) is 3.12. The van der Waals surface area contributed by atoms with Gasteiger partial charge in [0, 0.05) is 23.2 Å². The maximum Gasteiger partial charge on any atom is 0.237 e. The number of nitrogens with one attached hydrogen (secondary N) is 2. The number of nitrogens with zero attached hydrogens (tertiary/aromatic N) is 1. The van der Waals surface area contributed by atoms with E-state index in [1.54, 1.807) is 36.4 Å². The van der Waals surface area contributed by atoms with Gasteiger partial charge in [0.2, 0.25) is 11.8 Å². The summed E-state index contributed by atoms with van der Waals surface area (Å²) in [5.74, 6) is -0.260. The second-order valence-electron chi connectivity index (χ2n) is 5.15. The van der Waals surface area contributed by atoms with Gasteiger partial charge >= 0.3 is 0 Å². The molecule has 2 aromatic carbocycles. The predicted molar refractivity (Wildman–Crippen MR) is 95.9 cm³/mol. The van der Waals surface area contributed by atoms with Gasteiger partial charge in [-0.15, -0.1) is 11.8 Å². The van der Waals surface area contributed by atoms with Crippen molar-refractivity contribution in [3.8, 4) is 6.07 Å². The zero-order valence-corrected chi connectivity index (χ0v) is 14.2. The lowest BCUT2D eigenvalue weighted by Crippen LogP contribution is -2.22. The first-order valence-corrected chi connectivity index (χ1v) is 8.21. The highest BCUT2D eigenvalue weighted by molar-refractivity contribution is 8.00. The van der Waals surface area contributed by atoms with Gasteiger partial charge in [-0.2, -0.15) is 5.26 Å². The van der Waals surface area contributed by atoms with Crippen LogP contribution < -0.4 is 10.6 Å². The zero-order chi connectivity index (χ0) is 17.5. The van der Waals surface area contributed by atoms with E-state index in [0.29, 0.717) is 11.3 Å². The molecule has 0 spiro atoms. The third kappa shape index (κ3) is 5.14. The Bertz CT molecular complexity index is 782. The fraction of sp³-hybridized carbons (Fsp3) is 0.167. The molecule has 0 fully saturated rings. The van der Waals surface area contributed by atoms with Crippen LogP contribution in [0.1, 0.15) is 19.4 Å². The maximum absolute atomic E-state index is 12.3. The maximum atomic E-state index is 12.3. The highest BCUT2D eigenvalue weighted by Gasteiger charge is 2.14. The fourth-order valence-electron chi connectivity index (χ4n) is 1.99. The Hall–Kier alpha value is -2.78. The first-order valence-electron chi connectivity index (χ1n) is 7.33. The summed E-state index contributed by atoms with van der Waals surface area (Å²) in [7, 11) is 0. The summed E-state index contributed by atoms with van der Waals surface area (Å²) in [5, 5.41) is 14.1. The topological polar surface area (TPSA) is 82.0 Å². The SMILES string of the molecule is CC(=O)Nc1ccc(SC(C)C(=O)Nc2cccc(C#N)c2)cc1. The molecule has 0 bridgehead atoms. The molecule has 0 aliphatic heterocycles. The van der Waals surface area contributed by atoms with Crippen LogP contribution in [0.3, 0.4) is 0 Å². The molecule has 0 aliphatic carbocycles. The van der Waals surface area contributed by atoms with E-state index < -0.39 is 0 Å². The number of anilines is 2. The van der Waals surface area contributed by atoms with Crippen molar-refractivity contribution in [2.75, 3.05) is 10.6 Å². The fourth-order valence-corrected chi connectivity index (χ4v) is 2.86. The Morgan fingerprint density at radius 3 is 2.42 bits per heavy atom. The molecule has 0 heterocycles. The van der Waals surface area contributed by atoms with E-state index in [-0.39, 0.29) is 17.1 Å². The summed E-state index contributed by atoms with van der Waals surface area (Å²) in [5.41, 5.74) is 1.83. The molecule has 0 radical (unpaired) electrons. The van der Waals surface area contributed by atoms with Crippen molar-refractivity contribution in [3.05, 3.63) is 54.1 Å². The van der Waals surface area contributed by atoms with Gasteiger partial charge in [0.05, 0.1) is 16.9 Å². The number of rotatable bonds is 5. The smallest absolute Gasteiger partial charge is 0.237 e. The monoisotopic (exact) mass is 339 g/mol. The van der Waals surface area contributed by atoms with E-state index >= 15 is 0 Å². The van der Waals surface area contributed by atoms with Crippen LogP contribution in [0.5, 0.6) is 0 Å². The number of thioether (sulfide) groups is 1. The molecule has 0 saturated carbocycles. The highest BCUT2D eigenvalue weighted by atomic mass is 32.2. The molecule has 1 atom stereocenters. The van der Waals surface area contributed by atoms with Crippen molar-refractivity contribution in [1.29, 1.82) is 5.26 Å². The predicted octanol–water partition coefficient (Wildman–Crippen LogP) is 3.64. The number of benzene rings is 2. The first-order chi connectivity index (χ1) is 11.5. The minimum absolute atomic E-state index is 0.122. The summed E-state index contributed by atoms with van der Waals surface area (Å²) in [4.78, 5) is 24.2. The lowest BCUT2D eigenvalue weighted by Gasteiger charge is -2.12. The summed E-state index contributed by atoms with van der Waals surface area (Å²) < 4.78 is 0. The Balaban J connectivity index is 1.95. The molecule has 2 aromatic rings. The third-order valence-corrected chi connectivity index (χ3v) is 4.23. The molecule has 2 amide bonds. The normalized spacial score (nSPS) is 11.2. The number of amides is 2. The van der Waals surface area contributed by atoms with Gasteiger partial charge in [0.15, 0.2) is 0 Å². The van der Waals surface area contributed by atoms with Gasteiger partial charge in [0.25, 0.3) is 0 Å². The molecule has 122 valence electrons. The average Bonchev–Trinajstić information content (AvgIpc) is 2.56. The van der Waals surface area contributed by atoms with Crippen LogP contribution in [-0.4, -0.2) is 17.1 Å². The lowest BCUT2D eigenvalue weighted by molar-refractivity contribution is -0.115. The standard InChI is InChI=1S/C18H17N3O2S/c1-12(18(23)21-16-5-3-4-14(10-16)11-19)24-17-8-6-15(7-9-17)20-13(2)22/h3-10,12H,1-2H3,(H,20,22)(H,21,23). The molecular formula is C18H17N3O2S. The van der Waals surface area contributed by atoms with Crippen molar-refractivity contribution in [1.82, 2.24) is 0 Å². The van der Waals surface area contributed by atoms with Gasteiger partial charge in [-0.25, -0.2) is 0 Å². The van der Waals surface area contributed by atoms with E-state index in [9.17, 15) is 9.59 Å². The molecule has 5 nitrogen and oxygen atoms in total. The van der Waals surface area contributed by atoms with Crippen LogP contribution in [-0.2, 0) is 9.59 Å². The van der Waals surface area contributed by atoms with Gasteiger partial charge in [-0.3, -0.25) is 9.59 Å². The van der Waals surface area contributed by atoms with E-state index in [1.165, 1.54) is 18.7 Å². The quantitative estimate of drug-likeness (QED) is 0.815. The second kappa shape index (κ2) is 8.18. The summed E-state index contributed by atoms with van der Waals surface area (Å²) >= 11 is 1.42. The molecule has 24 heavy (non-hydrogen) atoms. The van der Waals surface area contributed by atoms with Crippen LogP contribution in [0.4, 0.5) is 11.4 Å². The molecule has 0 saturated heterocycles. The number of carbonyl (C=O) groups is 2. The molecule has 6 heteroatoms. The number of carbonyl (C=O) groups excluding carboxylic acids is 2. The molecule has 0 aromatic heterocycles. The van der Waals surface area contributed by atoms with Gasteiger partial charge in [-0.1, -0.05) is 6.07 Å². The molecule has 2 N–H and O–H groups in total. The Morgan fingerprint density at radius 1 is 1.08 bits per heavy atom. The molecule has 2 rings (SSSR count). The summed E-state index contributed by atoms with van der Waals surface area (Å²) in [6.45, 7) is 3.27. The Kier molecular flexibility index (Phi) is 5.99. The number of nitriles is 1. The van der Waals surface area contributed by atoms with Crippen molar-refractivity contribution in [2.45, 2.75) is 24.0 Å². The first kappa shape index (κ1) is 17.6. The largest absolute Gasteiger partial charge is 0.326 e. The number of hydrogen-bond acceptors (Lipinski definition) is 4. The van der Waals surface area contributed by atoms with E-state index in [0.717, 1.165) is 10.6 Å². The van der Waals surface area contributed by atoms with E-state index in [4.69, 9.17) is 5.26 Å². The zero-order valence-electron chi connectivity index (χ0n) is 13.4. The van der Waals surface area contributed by atoms with Gasteiger partial charge in [0.1, 0.15) is 0 Å². The van der Waals surface area contributed by atoms with E-state index in [1.807, 2.05) is 25.1 Å². The van der Waals surface area contributed by atoms with E-state index in [2.05, 4.69) is 10.6 Å². The Labute approximate surface area is 145 Å². The van der Waals surface area contributed by atoms with Crippen LogP contribution in [0.25, 0.3) is 0 Å². The minimum Gasteiger partial charge on any atom is -0.326 e.